The molecule has 0 radical (unpaired) electrons. The summed E-state index contributed by atoms with van der Waals surface area (Å²) in [6.07, 6.45) is 6.80. The molecule has 1 aliphatic rings. The first kappa shape index (κ1) is 16.5. The maximum atomic E-state index is 3.51. The van der Waals surface area contributed by atoms with Gasteiger partial charge >= 0.3 is 0 Å². The Morgan fingerprint density at radius 3 is 2.48 bits per heavy atom. The molecule has 1 fully saturated rings. The van der Waals surface area contributed by atoms with Crippen LogP contribution in [0.1, 0.15) is 63.0 Å². The van der Waals surface area contributed by atoms with Crippen molar-refractivity contribution in [3.8, 4) is 0 Å². The summed E-state index contributed by atoms with van der Waals surface area (Å²) in [5, 5.41) is 3.51. The number of hydrogen-bond donors (Lipinski definition) is 1. The van der Waals surface area contributed by atoms with Gasteiger partial charge in [-0.05, 0) is 49.9 Å². The second kappa shape index (κ2) is 8.55. The van der Waals surface area contributed by atoms with Gasteiger partial charge in [0, 0.05) is 19.1 Å². The highest BCUT2D eigenvalue weighted by Gasteiger charge is 2.19. The molecule has 1 aromatic carbocycles. The minimum absolute atomic E-state index is 0.596. The largest absolute Gasteiger partial charge is 0.316 e. The Morgan fingerprint density at radius 1 is 1.19 bits per heavy atom. The summed E-state index contributed by atoms with van der Waals surface area (Å²) in [5.74, 6) is 0.596. The van der Waals surface area contributed by atoms with Crippen LogP contribution in [0.15, 0.2) is 24.3 Å². The Bertz CT molecular complexity index is 393. The minimum Gasteiger partial charge on any atom is -0.316 e. The van der Waals surface area contributed by atoms with Gasteiger partial charge in [-0.2, -0.15) is 0 Å². The molecule has 118 valence electrons. The minimum atomic E-state index is 0.596. The monoisotopic (exact) mass is 288 g/mol. The summed E-state index contributed by atoms with van der Waals surface area (Å²) in [7, 11) is 2.28. The van der Waals surface area contributed by atoms with Crippen LogP contribution in [-0.4, -0.2) is 31.1 Å². The molecule has 1 atom stereocenters. The Labute approximate surface area is 130 Å². The van der Waals surface area contributed by atoms with E-state index in [2.05, 4.69) is 55.4 Å². The zero-order valence-electron chi connectivity index (χ0n) is 14.1. The molecule has 0 saturated heterocycles. The first-order valence-corrected chi connectivity index (χ1v) is 8.70. The van der Waals surface area contributed by atoms with Crippen molar-refractivity contribution < 1.29 is 0 Å². The number of benzene rings is 1. The SMILES string of the molecule is CCCNCC(C)c1ccc(CN(C)C2CCCC2)cc1. The van der Waals surface area contributed by atoms with Crippen LogP contribution in [0.3, 0.4) is 0 Å². The standard InChI is InChI=1S/C19H32N2/c1-4-13-20-14-16(2)18-11-9-17(10-12-18)15-21(3)19-7-5-6-8-19/h9-12,16,19-20H,4-8,13-15H2,1-3H3. The molecular formula is C19H32N2. The summed E-state index contributed by atoms with van der Waals surface area (Å²) in [4.78, 5) is 2.54. The molecule has 0 heterocycles. The number of nitrogens with one attached hydrogen (secondary N) is 1. The Hall–Kier alpha value is -0.860. The van der Waals surface area contributed by atoms with Crippen molar-refractivity contribution in [3.05, 3.63) is 35.4 Å². The fourth-order valence-corrected chi connectivity index (χ4v) is 3.33. The van der Waals surface area contributed by atoms with Crippen LogP contribution in [0.25, 0.3) is 0 Å². The van der Waals surface area contributed by atoms with E-state index in [0.29, 0.717) is 5.92 Å². The number of nitrogens with zero attached hydrogens (tertiary/aromatic N) is 1. The zero-order valence-corrected chi connectivity index (χ0v) is 14.1. The molecule has 0 amide bonds. The normalized spacial score (nSPS) is 17.5. The fourth-order valence-electron chi connectivity index (χ4n) is 3.33. The van der Waals surface area contributed by atoms with Crippen LogP contribution < -0.4 is 5.32 Å². The molecule has 0 aliphatic heterocycles. The molecule has 0 spiro atoms. The molecular weight excluding hydrogens is 256 g/mol. The molecule has 2 heteroatoms. The van der Waals surface area contributed by atoms with Gasteiger partial charge < -0.3 is 5.32 Å². The van der Waals surface area contributed by atoms with Crippen molar-refractivity contribution in [1.29, 1.82) is 0 Å². The first-order chi connectivity index (χ1) is 10.2. The van der Waals surface area contributed by atoms with E-state index in [1.165, 1.54) is 43.2 Å². The van der Waals surface area contributed by atoms with Crippen LogP contribution in [0.5, 0.6) is 0 Å². The lowest BCUT2D eigenvalue weighted by molar-refractivity contribution is 0.237. The van der Waals surface area contributed by atoms with Crippen molar-refractivity contribution in [2.24, 2.45) is 0 Å². The maximum absolute atomic E-state index is 3.51. The lowest BCUT2D eigenvalue weighted by Gasteiger charge is -2.24. The topological polar surface area (TPSA) is 15.3 Å². The Morgan fingerprint density at radius 2 is 1.86 bits per heavy atom. The van der Waals surface area contributed by atoms with Gasteiger partial charge in [0.25, 0.3) is 0 Å². The molecule has 1 aliphatic carbocycles. The zero-order chi connectivity index (χ0) is 15.1. The van der Waals surface area contributed by atoms with E-state index in [9.17, 15) is 0 Å². The third-order valence-electron chi connectivity index (χ3n) is 4.81. The quantitative estimate of drug-likeness (QED) is 0.722. The van der Waals surface area contributed by atoms with Crippen molar-refractivity contribution in [2.45, 2.75) is 64.5 Å². The highest BCUT2D eigenvalue weighted by Crippen LogP contribution is 2.24. The van der Waals surface area contributed by atoms with Crippen LogP contribution in [0, 0.1) is 0 Å². The third-order valence-corrected chi connectivity index (χ3v) is 4.81. The molecule has 21 heavy (non-hydrogen) atoms. The Balaban J connectivity index is 1.83. The van der Waals surface area contributed by atoms with Gasteiger partial charge in [0.1, 0.15) is 0 Å². The van der Waals surface area contributed by atoms with Gasteiger partial charge in [-0.1, -0.05) is 51.0 Å². The van der Waals surface area contributed by atoms with Crippen molar-refractivity contribution in [3.63, 3.8) is 0 Å². The summed E-state index contributed by atoms with van der Waals surface area (Å²) in [6.45, 7) is 7.81. The number of rotatable bonds is 8. The van der Waals surface area contributed by atoms with Crippen molar-refractivity contribution in [2.75, 3.05) is 20.1 Å². The van der Waals surface area contributed by atoms with Gasteiger partial charge in [-0.3, -0.25) is 4.90 Å². The van der Waals surface area contributed by atoms with E-state index in [-0.39, 0.29) is 0 Å². The first-order valence-electron chi connectivity index (χ1n) is 8.70. The van der Waals surface area contributed by atoms with Crippen LogP contribution in [-0.2, 0) is 6.54 Å². The lowest BCUT2D eigenvalue weighted by Crippen LogP contribution is -2.28. The average molecular weight is 288 g/mol. The summed E-state index contributed by atoms with van der Waals surface area (Å²) >= 11 is 0. The highest BCUT2D eigenvalue weighted by atomic mass is 15.1. The average Bonchev–Trinajstić information content (AvgIpc) is 3.02. The second-order valence-electron chi connectivity index (χ2n) is 6.70. The molecule has 1 aromatic rings. The highest BCUT2D eigenvalue weighted by molar-refractivity contribution is 5.25. The van der Waals surface area contributed by atoms with E-state index < -0.39 is 0 Å². The molecule has 2 nitrogen and oxygen atoms in total. The second-order valence-corrected chi connectivity index (χ2v) is 6.70. The summed E-state index contributed by atoms with van der Waals surface area (Å²) in [5.41, 5.74) is 2.90. The molecule has 0 bridgehead atoms. The Kier molecular flexibility index (Phi) is 6.72. The predicted octanol–water partition coefficient (Wildman–Crippen LogP) is 4.16. The van der Waals surface area contributed by atoms with Crippen LogP contribution in [0.4, 0.5) is 0 Å². The number of hydrogen-bond acceptors (Lipinski definition) is 2. The summed E-state index contributed by atoms with van der Waals surface area (Å²) in [6, 6.07) is 10.1. The van der Waals surface area contributed by atoms with E-state index in [0.717, 1.165) is 25.7 Å². The van der Waals surface area contributed by atoms with E-state index >= 15 is 0 Å². The van der Waals surface area contributed by atoms with Crippen LogP contribution in [0.2, 0.25) is 0 Å². The van der Waals surface area contributed by atoms with E-state index in [4.69, 9.17) is 0 Å². The smallest absolute Gasteiger partial charge is 0.0233 e. The van der Waals surface area contributed by atoms with Crippen molar-refractivity contribution in [1.82, 2.24) is 10.2 Å². The lowest BCUT2D eigenvalue weighted by atomic mass is 9.99. The van der Waals surface area contributed by atoms with Gasteiger partial charge in [0.2, 0.25) is 0 Å². The van der Waals surface area contributed by atoms with Gasteiger partial charge in [0.15, 0.2) is 0 Å². The van der Waals surface area contributed by atoms with Gasteiger partial charge in [-0.15, -0.1) is 0 Å². The molecule has 0 aromatic heterocycles. The molecule has 1 unspecified atom stereocenters. The fraction of sp³-hybridized carbons (Fsp3) is 0.684. The van der Waals surface area contributed by atoms with E-state index in [1.54, 1.807) is 0 Å². The maximum Gasteiger partial charge on any atom is 0.0233 e. The molecule has 1 saturated carbocycles. The van der Waals surface area contributed by atoms with Crippen LogP contribution >= 0.6 is 0 Å². The van der Waals surface area contributed by atoms with Gasteiger partial charge in [0.05, 0.1) is 0 Å². The van der Waals surface area contributed by atoms with E-state index in [1.807, 2.05) is 0 Å². The summed E-state index contributed by atoms with van der Waals surface area (Å²) < 4.78 is 0. The molecule has 2 rings (SSSR count). The predicted molar refractivity (Wildman–Crippen MR) is 91.7 cm³/mol. The van der Waals surface area contributed by atoms with Gasteiger partial charge in [-0.25, -0.2) is 0 Å². The molecule has 1 N–H and O–H groups in total. The third kappa shape index (κ3) is 5.12. The van der Waals surface area contributed by atoms with Crippen molar-refractivity contribution >= 4 is 0 Å².